The van der Waals surface area contributed by atoms with Gasteiger partial charge < -0.3 is 9.72 Å². The molecule has 0 atom stereocenters. The molecule has 112 valence electrons. The van der Waals surface area contributed by atoms with E-state index in [4.69, 9.17) is 0 Å². The summed E-state index contributed by atoms with van der Waals surface area (Å²) in [5.41, 5.74) is 1.17. The van der Waals surface area contributed by atoms with E-state index < -0.39 is 6.36 Å². The number of nitrogens with zero attached hydrogens (tertiary/aromatic N) is 1. The molecule has 0 saturated heterocycles. The molecule has 0 spiro atoms. The van der Waals surface area contributed by atoms with E-state index in [0.29, 0.717) is 23.2 Å². The number of alkyl halides is 3. The topological polar surface area (TPSA) is 55.0 Å². The molecule has 4 nitrogen and oxygen atoms in total. The van der Waals surface area contributed by atoms with E-state index in [9.17, 15) is 18.0 Å². The van der Waals surface area contributed by atoms with Crippen molar-refractivity contribution in [1.29, 1.82) is 0 Å². The second-order valence-electron chi connectivity index (χ2n) is 4.41. The van der Waals surface area contributed by atoms with Gasteiger partial charge in [-0.2, -0.15) is 0 Å². The lowest BCUT2D eigenvalue weighted by molar-refractivity contribution is -0.274. The SMILES string of the molecule is CCc1c(C)nc(-c2cccc(OC(F)(F)F)c2)[nH]c1=O. The first-order chi connectivity index (χ1) is 9.80. The molecule has 7 heteroatoms. The van der Waals surface area contributed by atoms with E-state index in [1.165, 1.54) is 18.2 Å². The van der Waals surface area contributed by atoms with Gasteiger partial charge in [-0.05, 0) is 25.5 Å². The van der Waals surface area contributed by atoms with Gasteiger partial charge in [0.25, 0.3) is 5.56 Å². The number of aromatic amines is 1. The third-order valence-corrected chi connectivity index (χ3v) is 2.92. The second kappa shape index (κ2) is 5.59. The number of aromatic nitrogens is 2. The first-order valence-electron chi connectivity index (χ1n) is 6.26. The molecule has 1 aromatic carbocycles. The maximum Gasteiger partial charge on any atom is 0.573 e. The molecule has 0 aliphatic rings. The van der Waals surface area contributed by atoms with Crippen LogP contribution < -0.4 is 10.3 Å². The zero-order valence-electron chi connectivity index (χ0n) is 11.4. The van der Waals surface area contributed by atoms with Crippen molar-refractivity contribution < 1.29 is 17.9 Å². The van der Waals surface area contributed by atoms with Crippen molar-refractivity contribution in [3.63, 3.8) is 0 Å². The molecule has 0 fully saturated rings. The van der Waals surface area contributed by atoms with Gasteiger partial charge >= 0.3 is 6.36 Å². The van der Waals surface area contributed by atoms with E-state index in [1.807, 2.05) is 6.92 Å². The van der Waals surface area contributed by atoms with Gasteiger partial charge in [0.1, 0.15) is 11.6 Å². The molecule has 2 aromatic rings. The lowest BCUT2D eigenvalue weighted by Crippen LogP contribution is -2.18. The fraction of sp³-hybridized carbons (Fsp3) is 0.286. The normalized spacial score (nSPS) is 11.5. The average molecular weight is 298 g/mol. The molecule has 0 amide bonds. The highest BCUT2D eigenvalue weighted by Crippen LogP contribution is 2.26. The van der Waals surface area contributed by atoms with Crippen molar-refractivity contribution in [3.8, 4) is 17.1 Å². The molecule has 1 N–H and O–H groups in total. The molecule has 0 aliphatic carbocycles. The summed E-state index contributed by atoms with van der Waals surface area (Å²) in [6, 6.07) is 5.31. The highest BCUT2D eigenvalue weighted by Gasteiger charge is 2.31. The number of halogens is 3. The maximum atomic E-state index is 12.2. The summed E-state index contributed by atoms with van der Waals surface area (Å²) in [5, 5.41) is 0. The third kappa shape index (κ3) is 3.62. The Labute approximate surface area is 118 Å². The molecule has 0 aliphatic heterocycles. The smallest absolute Gasteiger partial charge is 0.406 e. The van der Waals surface area contributed by atoms with Gasteiger partial charge in [0.05, 0.1) is 0 Å². The number of nitrogens with one attached hydrogen (secondary N) is 1. The Bertz CT molecular complexity index is 708. The zero-order valence-corrected chi connectivity index (χ0v) is 11.4. The minimum Gasteiger partial charge on any atom is -0.406 e. The summed E-state index contributed by atoms with van der Waals surface area (Å²) in [7, 11) is 0. The van der Waals surface area contributed by atoms with E-state index >= 15 is 0 Å². The van der Waals surface area contributed by atoms with Crippen LogP contribution in [0.3, 0.4) is 0 Å². The Morgan fingerprint density at radius 3 is 2.62 bits per heavy atom. The van der Waals surface area contributed by atoms with Crippen LogP contribution in [0.5, 0.6) is 5.75 Å². The molecule has 1 heterocycles. The fourth-order valence-corrected chi connectivity index (χ4v) is 2.00. The first-order valence-corrected chi connectivity index (χ1v) is 6.26. The third-order valence-electron chi connectivity index (χ3n) is 2.92. The fourth-order valence-electron chi connectivity index (χ4n) is 2.00. The van der Waals surface area contributed by atoms with Gasteiger partial charge in [0.15, 0.2) is 0 Å². The van der Waals surface area contributed by atoms with Crippen molar-refractivity contribution >= 4 is 0 Å². The highest BCUT2D eigenvalue weighted by molar-refractivity contribution is 5.57. The van der Waals surface area contributed by atoms with E-state index in [1.54, 1.807) is 13.0 Å². The summed E-state index contributed by atoms with van der Waals surface area (Å²) in [4.78, 5) is 18.7. The molecular formula is C14H13F3N2O2. The lowest BCUT2D eigenvalue weighted by atomic mass is 10.1. The molecule has 0 saturated carbocycles. The van der Waals surface area contributed by atoms with Crippen molar-refractivity contribution in [2.24, 2.45) is 0 Å². The molecular weight excluding hydrogens is 285 g/mol. The first kappa shape index (κ1) is 15.1. The average Bonchev–Trinajstić information content (AvgIpc) is 2.36. The Morgan fingerprint density at radius 2 is 2.05 bits per heavy atom. The van der Waals surface area contributed by atoms with Crippen molar-refractivity contribution in [2.75, 3.05) is 0 Å². The molecule has 21 heavy (non-hydrogen) atoms. The Hall–Kier alpha value is -2.31. The van der Waals surface area contributed by atoms with Gasteiger partial charge in [0.2, 0.25) is 0 Å². The number of rotatable bonds is 3. The molecule has 0 unspecified atom stereocenters. The highest BCUT2D eigenvalue weighted by atomic mass is 19.4. The predicted octanol–water partition coefficient (Wildman–Crippen LogP) is 3.21. The Morgan fingerprint density at radius 1 is 1.33 bits per heavy atom. The van der Waals surface area contributed by atoms with Crippen LogP contribution in [0.4, 0.5) is 13.2 Å². The molecule has 0 radical (unpaired) electrons. The van der Waals surface area contributed by atoms with Crippen LogP contribution in [0.25, 0.3) is 11.4 Å². The van der Waals surface area contributed by atoms with Gasteiger partial charge in [-0.15, -0.1) is 13.2 Å². The summed E-state index contributed by atoms with van der Waals surface area (Å²) in [6.07, 6.45) is -4.23. The van der Waals surface area contributed by atoms with Crippen LogP contribution in [0.1, 0.15) is 18.2 Å². The second-order valence-corrected chi connectivity index (χ2v) is 4.41. The monoisotopic (exact) mass is 298 g/mol. The summed E-state index contributed by atoms with van der Waals surface area (Å²) >= 11 is 0. The Kier molecular flexibility index (Phi) is 4.02. The minimum absolute atomic E-state index is 0.210. The number of ether oxygens (including phenoxy) is 1. The Balaban J connectivity index is 2.43. The largest absolute Gasteiger partial charge is 0.573 e. The standard InChI is InChI=1S/C14H13F3N2O2/c1-3-11-8(2)18-12(19-13(11)20)9-5-4-6-10(7-9)21-14(15,16)17/h4-7H,3H2,1-2H3,(H,18,19,20). The van der Waals surface area contributed by atoms with Crippen molar-refractivity contribution in [1.82, 2.24) is 9.97 Å². The van der Waals surface area contributed by atoms with Crippen molar-refractivity contribution in [2.45, 2.75) is 26.6 Å². The van der Waals surface area contributed by atoms with Crippen LogP contribution in [0.2, 0.25) is 0 Å². The van der Waals surface area contributed by atoms with Gasteiger partial charge in [-0.25, -0.2) is 4.98 Å². The number of hydrogen-bond acceptors (Lipinski definition) is 3. The quantitative estimate of drug-likeness (QED) is 0.946. The van der Waals surface area contributed by atoms with E-state index in [0.717, 1.165) is 0 Å². The van der Waals surface area contributed by atoms with E-state index in [2.05, 4.69) is 14.7 Å². The van der Waals surface area contributed by atoms with Crippen LogP contribution in [-0.2, 0) is 6.42 Å². The predicted molar refractivity (Wildman–Crippen MR) is 71.1 cm³/mol. The van der Waals surface area contributed by atoms with Crippen LogP contribution in [-0.4, -0.2) is 16.3 Å². The zero-order chi connectivity index (χ0) is 15.6. The molecule has 0 bridgehead atoms. The number of H-pyrrole nitrogens is 1. The maximum absolute atomic E-state index is 12.2. The molecule has 2 rings (SSSR count). The number of benzene rings is 1. The van der Waals surface area contributed by atoms with Crippen LogP contribution in [0, 0.1) is 6.92 Å². The van der Waals surface area contributed by atoms with Gasteiger partial charge in [-0.3, -0.25) is 4.79 Å². The lowest BCUT2D eigenvalue weighted by Gasteiger charge is -2.10. The van der Waals surface area contributed by atoms with E-state index in [-0.39, 0.29) is 17.1 Å². The van der Waals surface area contributed by atoms with Crippen LogP contribution in [0.15, 0.2) is 29.1 Å². The summed E-state index contributed by atoms with van der Waals surface area (Å²) in [5.74, 6) is -0.151. The minimum atomic E-state index is -4.76. The molecule has 1 aromatic heterocycles. The summed E-state index contributed by atoms with van der Waals surface area (Å²) in [6.45, 7) is 3.52. The number of aryl methyl sites for hydroxylation is 1. The van der Waals surface area contributed by atoms with Gasteiger partial charge in [0, 0.05) is 16.8 Å². The summed E-state index contributed by atoms with van der Waals surface area (Å²) < 4.78 is 40.5. The van der Waals surface area contributed by atoms with Crippen LogP contribution >= 0.6 is 0 Å². The van der Waals surface area contributed by atoms with Gasteiger partial charge in [-0.1, -0.05) is 19.1 Å². The van der Waals surface area contributed by atoms with Crippen molar-refractivity contribution in [3.05, 3.63) is 45.9 Å². The number of hydrogen-bond donors (Lipinski definition) is 1.